The van der Waals surface area contributed by atoms with Gasteiger partial charge in [0.2, 0.25) is 0 Å². The first-order valence-electron chi connectivity index (χ1n) is 5.22. The number of halogens is 3. The van der Waals surface area contributed by atoms with Crippen LogP contribution in [0.1, 0.15) is 31.7 Å². The maximum absolute atomic E-state index is 6.10. The molecule has 1 rings (SSSR count). The lowest BCUT2D eigenvalue weighted by atomic mass is 10.1. The van der Waals surface area contributed by atoms with Crippen molar-refractivity contribution in [3.8, 4) is 0 Å². The van der Waals surface area contributed by atoms with Gasteiger partial charge in [-0.25, -0.2) is 0 Å². The first-order chi connectivity index (χ1) is 7.15. The number of hydrogen-bond acceptors (Lipinski definition) is 0. The van der Waals surface area contributed by atoms with Crippen LogP contribution in [-0.2, 0) is 6.42 Å². The number of alkyl halides is 1. The van der Waals surface area contributed by atoms with Crippen molar-refractivity contribution < 1.29 is 0 Å². The van der Waals surface area contributed by atoms with Gasteiger partial charge in [0.1, 0.15) is 0 Å². The Hall–Kier alpha value is 0.280. The van der Waals surface area contributed by atoms with E-state index in [4.69, 9.17) is 23.2 Å². The summed E-state index contributed by atoms with van der Waals surface area (Å²) in [7, 11) is 0. The summed E-state index contributed by atoms with van der Waals surface area (Å²) < 4.78 is 0. The highest BCUT2D eigenvalue weighted by atomic mass is 79.9. The molecular formula is C12H15BrCl2. The third-order valence-electron chi connectivity index (χ3n) is 2.44. The van der Waals surface area contributed by atoms with Crippen molar-refractivity contribution in [1.82, 2.24) is 0 Å². The first kappa shape index (κ1) is 13.3. The van der Waals surface area contributed by atoms with E-state index >= 15 is 0 Å². The first-order valence-corrected chi connectivity index (χ1v) is 6.89. The van der Waals surface area contributed by atoms with Gasteiger partial charge >= 0.3 is 0 Å². The van der Waals surface area contributed by atoms with E-state index in [0.717, 1.165) is 18.4 Å². The SMILES string of the molecule is CCC(Br)CCCc1cccc(Cl)c1Cl. The van der Waals surface area contributed by atoms with Crippen molar-refractivity contribution in [3.05, 3.63) is 33.8 Å². The van der Waals surface area contributed by atoms with Crippen LogP contribution in [-0.4, -0.2) is 4.83 Å². The molecule has 0 spiro atoms. The van der Waals surface area contributed by atoms with Crippen LogP contribution < -0.4 is 0 Å². The average Bonchev–Trinajstić information content (AvgIpc) is 2.24. The second-order valence-electron chi connectivity index (χ2n) is 3.61. The summed E-state index contributed by atoms with van der Waals surface area (Å²) in [5.41, 5.74) is 1.15. The van der Waals surface area contributed by atoms with Gasteiger partial charge < -0.3 is 0 Å². The minimum absolute atomic E-state index is 0.621. The average molecular weight is 310 g/mol. The van der Waals surface area contributed by atoms with E-state index in [-0.39, 0.29) is 0 Å². The second kappa shape index (κ2) is 6.78. The van der Waals surface area contributed by atoms with Gasteiger partial charge in [-0.3, -0.25) is 0 Å². The maximum Gasteiger partial charge on any atom is 0.0624 e. The fourth-order valence-corrected chi connectivity index (χ4v) is 2.20. The molecule has 3 heteroatoms. The normalized spacial score (nSPS) is 12.8. The van der Waals surface area contributed by atoms with Gasteiger partial charge in [0, 0.05) is 4.83 Å². The third-order valence-corrected chi connectivity index (χ3v) is 4.40. The molecular weight excluding hydrogens is 295 g/mol. The fourth-order valence-electron chi connectivity index (χ4n) is 1.46. The Morgan fingerprint density at radius 1 is 1.33 bits per heavy atom. The Morgan fingerprint density at radius 3 is 2.73 bits per heavy atom. The molecule has 0 nitrogen and oxygen atoms in total. The van der Waals surface area contributed by atoms with E-state index in [9.17, 15) is 0 Å². The molecule has 1 aromatic carbocycles. The lowest BCUT2D eigenvalue weighted by Gasteiger charge is -2.08. The van der Waals surface area contributed by atoms with Crippen LogP contribution in [0.5, 0.6) is 0 Å². The molecule has 1 unspecified atom stereocenters. The number of aryl methyl sites for hydroxylation is 1. The van der Waals surface area contributed by atoms with Crippen LogP contribution in [0.3, 0.4) is 0 Å². The highest BCUT2D eigenvalue weighted by Gasteiger charge is 2.05. The zero-order valence-electron chi connectivity index (χ0n) is 8.77. The predicted octanol–water partition coefficient (Wildman–Crippen LogP) is 5.49. The van der Waals surface area contributed by atoms with Crippen molar-refractivity contribution in [1.29, 1.82) is 0 Å². The summed E-state index contributed by atoms with van der Waals surface area (Å²) >= 11 is 15.7. The maximum atomic E-state index is 6.10. The smallest absolute Gasteiger partial charge is 0.0624 e. The van der Waals surface area contributed by atoms with E-state index in [1.165, 1.54) is 12.8 Å². The molecule has 0 aliphatic carbocycles. The Kier molecular flexibility index (Phi) is 6.03. The summed E-state index contributed by atoms with van der Waals surface area (Å²) in [4.78, 5) is 0.621. The summed E-state index contributed by atoms with van der Waals surface area (Å²) in [5, 5.41) is 1.36. The third kappa shape index (κ3) is 4.34. The van der Waals surface area contributed by atoms with Gasteiger partial charge in [0.25, 0.3) is 0 Å². The Bertz CT molecular complexity index is 312. The van der Waals surface area contributed by atoms with Crippen LogP contribution in [0.25, 0.3) is 0 Å². The molecule has 0 radical (unpaired) electrons. The molecule has 0 saturated carbocycles. The monoisotopic (exact) mass is 308 g/mol. The molecule has 0 fully saturated rings. The zero-order chi connectivity index (χ0) is 11.3. The molecule has 0 aliphatic rings. The molecule has 0 amide bonds. The van der Waals surface area contributed by atoms with Gasteiger partial charge in [0.15, 0.2) is 0 Å². The largest absolute Gasteiger partial charge is 0.0891 e. The minimum Gasteiger partial charge on any atom is -0.0891 e. The molecule has 15 heavy (non-hydrogen) atoms. The van der Waals surface area contributed by atoms with Gasteiger partial charge in [-0.1, -0.05) is 58.2 Å². The van der Waals surface area contributed by atoms with E-state index in [1.807, 2.05) is 18.2 Å². The van der Waals surface area contributed by atoms with Crippen LogP contribution in [0.15, 0.2) is 18.2 Å². The molecule has 0 N–H and O–H groups in total. The van der Waals surface area contributed by atoms with Gasteiger partial charge in [0.05, 0.1) is 10.0 Å². The molecule has 0 bridgehead atoms. The Morgan fingerprint density at radius 2 is 2.07 bits per heavy atom. The number of hydrogen-bond donors (Lipinski definition) is 0. The lowest BCUT2D eigenvalue weighted by Crippen LogP contribution is -1.96. The zero-order valence-corrected chi connectivity index (χ0v) is 11.9. The Balaban J connectivity index is 2.47. The van der Waals surface area contributed by atoms with Crippen LogP contribution >= 0.6 is 39.1 Å². The van der Waals surface area contributed by atoms with Crippen molar-refractivity contribution in [2.75, 3.05) is 0 Å². The van der Waals surface area contributed by atoms with Gasteiger partial charge in [-0.2, -0.15) is 0 Å². The quantitative estimate of drug-likeness (QED) is 0.631. The molecule has 84 valence electrons. The summed E-state index contributed by atoms with van der Waals surface area (Å²) in [6, 6.07) is 5.82. The van der Waals surface area contributed by atoms with Crippen molar-refractivity contribution in [3.63, 3.8) is 0 Å². The topological polar surface area (TPSA) is 0 Å². The van der Waals surface area contributed by atoms with Crippen LogP contribution in [0, 0.1) is 0 Å². The molecule has 0 aliphatic heterocycles. The predicted molar refractivity (Wildman–Crippen MR) is 72.4 cm³/mol. The van der Waals surface area contributed by atoms with Crippen molar-refractivity contribution in [2.45, 2.75) is 37.4 Å². The highest BCUT2D eigenvalue weighted by Crippen LogP contribution is 2.27. The second-order valence-corrected chi connectivity index (χ2v) is 5.69. The molecule has 1 atom stereocenters. The summed E-state index contributed by atoms with van der Waals surface area (Å²) in [6.45, 7) is 2.19. The minimum atomic E-state index is 0.621. The van der Waals surface area contributed by atoms with Gasteiger partial charge in [-0.15, -0.1) is 0 Å². The molecule has 0 aromatic heterocycles. The van der Waals surface area contributed by atoms with Crippen molar-refractivity contribution >= 4 is 39.1 Å². The summed E-state index contributed by atoms with van der Waals surface area (Å²) in [5.74, 6) is 0. The lowest BCUT2D eigenvalue weighted by molar-refractivity contribution is 0.690. The van der Waals surface area contributed by atoms with E-state index in [2.05, 4.69) is 22.9 Å². The van der Waals surface area contributed by atoms with Crippen LogP contribution in [0.2, 0.25) is 10.0 Å². The number of benzene rings is 1. The van der Waals surface area contributed by atoms with E-state index < -0.39 is 0 Å². The van der Waals surface area contributed by atoms with Crippen molar-refractivity contribution in [2.24, 2.45) is 0 Å². The molecule has 0 heterocycles. The molecule has 1 aromatic rings. The standard InChI is InChI=1S/C12H15BrCl2/c1-2-10(13)7-3-5-9-6-4-8-11(14)12(9)15/h4,6,8,10H,2-3,5,7H2,1H3. The van der Waals surface area contributed by atoms with Crippen LogP contribution in [0.4, 0.5) is 0 Å². The van der Waals surface area contributed by atoms with Gasteiger partial charge in [-0.05, 0) is 37.3 Å². The Labute approximate surface area is 110 Å². The fraction of sp³-hybridized carbons (Fsp3) is 0.500. The highest BCUT2D eigenvalue weighted by molar-refractivity contribution is 9.09. The molecule has 0 saturated heterocycles. The van der Waals surface area contributed by atoms with E-state index in [0.29, 0.717) is 14.9 Å². The summed E-state index contributed by atoms with van der Waals surface area (Å²) in [6.07, 6.45) is 4.49. The van der Waals surface area contributed by atoms with E-state index in [1.54, 1.807) is 0 Å². The number of rotatable bonds is 5.